The van der Waals surface area contributed by atoms with E-state index >= 15 is 0 Å². The predicted octanol–water partition coefficient (Wildman–Crippen LogP) is 1.21. The van der Waals surface area contributed by atoms with E-state index in [0.717, 1.165) is 19.6 Å². The molecule has 0 radical (unpaired) electrons. The molecule has 4 heteroatoms. The Labute approximate surface area is 99.5 Å². The van der Waals surface area contributed by atoms with Gasteiger partial charge in [0.25, 0.3) is 0 Å². The van der Waals surface area contributed by atoms with Gasteiger partial charge in [-0.3, -0.25) is 14.6 Å². The Morgan fingerprint density at radius 2 is 1.88 bits per heavy atom. The quantitative estimate of drug-likeness (QED) is 0.668. The van der Waals surface area contributed by atoms with Crippen molar-refractivity contribution in [1.82, 2.24) is 9.80 Å². The van der Waals surface area contributed by atoms with Gasteiger partial charge in [0, 0.05) is 25.7 Å². The first-order chi connectivity index (χ1) is 7.56. The number of piperazine rings is 1. The third-order valence-electron chi connectivity index (χ3n) is 2.88. The molecule has 4 nitrogen and oxygen atoms in total. The summed E-state index contributed by atoms with van der Waals surface area (Å²) in [7, 11) is 3.42. The smallest absolute Gasteiger partial charge is 0.324 e. The van der Waals surface area contributed by atoms with E-state index in [1.54, 1.807) is 0 Å². The lowest BCUT2D eigenvalue weighted by molar-refractivity contribution is -0.149. The largest absolute Gasteiger partial charge is 0.468 e. The predicted molar refractivity (Wildman–Crippen MR) is 66.5 cm³/mol. The Balaban J connectivity index is 0.00000106. The first-order valence-electron chi connectivity index (χ1n) is 6.08. The molecular weight excluding hydrogens is 204 g/mol. The number of carbonyl (C=O) groups excluding carboxylic acids is 1. The van der Waals surface area contributed by atoms with Crippen molar-refractivity contribution >= 4 is 5.97 Å². The van der Waals surface area contributed by atoms with Crippen molar-refractivity contribution in [2.75, 3.05) is 33.8 Å². The molecule has 0 amide bonds. The van der Waals surface area contributed by atoms with Crippen molar-refractivity contribution in [2.45, 2.75) is 39.8 Å². The molecule has 0 N–H and O–H groups in total. The average molecular weight is 230 g/mol. The highest BCUT2D eigenvalue weighted by Crippen LogP contribution is 2.11. The summed E-state index contributed by atoms with van der Waals surface area (Å²) in [6, 6.07) is 0.395. The molecule has 0 aromatic rings. The van der Waals surface area contributed by atoms with Crippen molar-refractivity contribution in [3.05, 3.63) is 0 Å². The van der Waals surface area contributed by atoms with Gasteiger partial charge in [-0.15, -0.1) is 0 Å². The lowest BCUT2D eigenvalue weighted by atomic mass is 10.1. The van der Waals surface area contributed by atoms with Crippen LogP contribution in [0, 0.1) is 0 Å². The van der Waals surface area contributed by atoms with Crippen LogP contribution in [-0.2, 0) is 9.53 Å². The number of rotatable bonds is 2. The Morgan fingerprint density at radius 3 is 2.31 bits per heavy atom. The zero-order valence-corrected chi connectivity index (χ0v) is 11.5. The Kier molecular flexibility index (Phi) is 7.34. The molecule has 1 fully saturated rings. The van der Waals surface area contributed by atoms with Crippen LogP contribution >= 0.6 is 0 Å². The number of hydrogen-bond acceptors (Lipinski definition) is 4. The summed E-state index contributed by atoms with van der Waals surface area (Å²) in [5.74, 6) is -0.127. The first-order valence-corrected chi connectivity index (χ1v) is 6.08. The minimum Gasteiger partial charge on any atom is -0.468 e. The molecule has 0 unspecified atom stereocenters. The summed E-state index contributed by atoms with van der Waals surface area (Å²) in [5.41, 5.74) is 0. The number of ether oxygens (including phenoxy) is 1. The van der Waals surface area contributed by atoms with Gasteiger partial charge in [0.1, 0.15) is 6.04 Å². The van der Waals surface area contributed by atoms with Crippen LogP contribution in [0.1, 0.15) is 27.7 Å². The number of hydrogen-bond donors (Lipinski definition) is 0. The Morgan fingerprint density at radius 1 is 1.31 bits per heavy atom. The molecule has 0 spiro atoms. The molecule has 1 saturated heterocycles. The number of carbonyl (C=O) groups is 1. The van der Waals surface area contributed by atoms with Gasteiger partial charge in [-0.2, -0.15) is 0 Å². The lowest BCUT2D eigenvalue weighted by Gasteiger charge is -2.39. The van der Waals surface area contributed by atoms with Crippen molar-refractivity contribution in [3.63, 3.8) is 0 Å². The van der Waals surface area contributed by atoms with Crippen LogP contribution in [-0.4, -0.2) is 61.6 Å². The van der Waals surface area contributed by atoms with Crippen LogP contribution in [0.5, 0.6) is 0 Å². The van der Waals surface area contributed by atoms with Gasteiger partial charge in [-0.25, -0.2) is 0 Å². The summed E-state index contributed by atoms with van der Waals surface area (Å²) >= 11 is 0. The molecule has 1 rings (SSSR count). The second-order valence-electron chi connectivity index (χ2n) is 4.11. The summed E-state index contributed by atoms with van der Waals surface area (Å²) < 4.78 is 4.78. The third-order valence-corrected chi connectivity index (χ3v) is 2.88. The van der Waals surface area contributed by atoms with Gasteiger partial charge in [0.2, 0.25) is 0 Å². The van der Waals surface area contributed by atoms with Crippen LogP contribution in [0.15, 0.2) is 0 Å². The third kappa shape index (κ3) is 4.10. The van der Waals surface area contributed by atoms with E-state index in [9.17, 15) is 4.79 Å². The maximum atomic E-state index is 11.5. The van der Waals surface area contributed by atoms with Crippen LogP contribution in [0.25, 0.3) is 0 Å². The van der Waals surface area contributed by atoms with Gasteiger partial charge in [-0.05, 0) is 20.9 Å². The molecule has 1 atom stereocenters. The highest BCUT2D eigenvalue weighted by Gasteiger charge is 2.31. The van der Waals surface area contributed by atoms with Crippen LogP contribution in [0.2, 0.25) is 0 Å². The molecule has 0 saturated carbocycles. The van der Waals surface area contributed by atoms with Gasteiger partial charge in [-0.1, -0.05) is 13.8 Å². The number of esters is 1. The fourth-order valence-corrected chi connectivity index (χ4v) is 1.75. The van der Waals surface area contributed by atoms with E-state index in [-0.39, 0.29) is 12.0 Å². The van der Waals surface area contributed by atoms with Gasteiger partial charge in [0.15, 0.2) is 0 Å². The first kappa shape index (κ1) is 15.4. The van der Waals surface area contributed by atoms with Crippen molar-refractivity contribution in [3.8, 4) is 0 Å². The highest BCUT2D eigenvalue weighted by atomic mass is 16.5. The molecular formula is C12H26N2O2. The van der Waals surface area contributed by atoms with Gasteiger partial charge < -0.3 is 4.74 Å². The molecule has 0 aromatic carbocycles. The van der Waals surface area contributed by atoms with E-state index in [1.807, 2.05) is 20.9 Å². The number of nitrogens with zero attached hydrogens (tertiary/aromatic N) is 2. The van der Waals surface area contributed by atoms with Crippen LogP contribution < -0.4 is 0 Å². The lowest BCUT2D eigenvalue weighted by Crippen LogP contribution is -2.56. The van der Waals surface area contributed by atoms with Crippen LogP contribution in [0.3, 0.4) is 0 Å². The van der Waals surface area contributed by atoms with Crippen molar-refractivity contribution < 1.29 is 9.53 Å². The normalized spacial score (nSPS) is 22.6. The highest BCUT2D eigenvalue weighted by molar-refractivity contribution is 5.76. The number of methoxy groups -OCH3 is 1. The van der Waals surface area contributed by atoms with E-state index in [0.29, 0.717) is 6.04 Å². The fourth-order valence-electron chi connectivity index (χ4n) is 1.75. The van der Waals surface area contributed by atoms with E-state index in [4.69, 9.17) is 4.74 Å². The molecule has 0 aliphatic carbocycles. The Hall–Kier alpha value is -0.610. The summed E-state index contributed by atoms with van der Waals surface area (Å²) in [5, 5.41) is 0. The van der Waals surface area contributed by atoms with Crippen molar-refractivity contribution in [1.29, 1.82) is 0 Å². The fraction of sp³-hybridized carbons (Fsp3) is 0.917. The summed E-state index contributed by atoms with van der Waals surface area (Å²) in [6.07, 6.45) is 0. The topological polar surface area (TPSA) is 32.8 Å². The van der Waals surface area contributed by atoms with Crippen LogP contribution in [0.4, 0.5) is 0 Å². The SMILES string of the molecule is CC.COC(=O)[C@H]1CN(C(C)C)CCN1C. The maximum Gasteiger partial charge on any atom is 0.324 e. The minimum atomic E-state index is -0.127. The van der Waals surface area contributed by atoms with E-state index < -0.39 is 0 Å². The Bertz CT molecular complexity index is 207. The molecule has 1 heterocycles. The minimum absolute atomic E-state index is 0.101. The van der Waals surface area contributed by atoms with E-state index in [2.05, 4.69) is 23.6 Å². The molecule has 1 aliphatic heterocycles. The van der Waals surface area contributed by atoms with Gasteiger partial charge >= 0.3 is 5.97 Å². The van der Waals surface area contributed by atoms with Gasteiger partial charge in [0.05, 0.1) is 7.11 Å². The standard InChI is InChI=1S/C10H20N2O2.C2H6/c1-8(2)12-6-5-11(3)9(7-12)10(13)14-4;1-2/h8-9H,5-7H2,1-4H3;1-2H3/t9-;/m1./s1. The second kappa shape index (κ2) is 7.63. The average Bonchev–Trinajstić information content (AvgIpc) is 2.31. The van der Waals surface area contributed by atoms with E-state index in [1.165, 1.54) is 7.11 Å². The molecule has 0 bridgehead atoms. The second-order valence-corrected chi connectivity index (χ2v) is 4.11. The zero-order chi connectivity index (χ0) is 12.7. The monoisotopic (exact) mass is 230 g/mol. The zero-order valence-electron chi connectivity index (χ0n) is 11.5. The van der Waals surface area contributed by atoms with Crippen molar-refractivity contribution in [2.24, 2.45) is 0 Å². The molecule has 1 aliphatic rings. The molecule has 16 heavy (non-hydrogen) atoms. The summed E-state index contributed by atoms with van der Waals surface area (Å²) in [4.78, 5) is 15.8. The molecule has 96 valence electrons. The summed E-state index contributed by atoms with van der Waals surface area (Å²) in [6.45, 7) is 11.0. The molecule has 0 aromatic heterocycles. The maximum absolute atomic E-state index is 11.5. The number of likely N-dealkylation sites (N-methyl/N-ethyl adjacent to an activating group) is 1.